The summed E-state index contributed by atoms with van der Waals surface area (Å²) in [7, 11) is -3.81. The van der Waals surface area contributed by atoms with Crippen LogP contribution in [0.1, 0.15) is 12.8 Å². The lowest BCUT2D eigenvalue weighted by molar-refractivity contribution is 0.204. The number of benzene rings is 2. The second-order valence-electron chi connectivity index (χ2n) is 6.00. The van der Waals surface area contributed by atoms with Crippen LogP contribution in [0, 0.1) is 6.92 Å². The van der Waals surface area contributed by atoms with Gasteiger partial charge in [0.05, 0.1) is 23.2 Å². The molecule has 1 aromatic heterocycles. The Bertz CT molecular complexity index is 964. The maximum atomic E-state index is 13.1. The predicted molar refractivity (Wildman–Crippen MR) is 99.3 cm³/mol. The van der Waals surface area contributed by atoms with Gasteiger partial charge >= 0.3 is 0 Å². The van der Waals surface area contributed by atoms with Crippen molar-refractivity contribution in [3.05, 3.63) is 66.8 Å². The van der Waals surface area contributed by atoms with Gasteiger partial charge in [0.1, 0.15) is 12.0 Å². The van der Waals surface area contributed by atoms with Crippen LogP contribution in [-0.2, 0) is 10.0 Å². The van der Waals surface area contributed by atoms with E-state index < -0.39 is 16.1 Å². The molecule has 0 aliphatic heterocycles. The van der Waals surface area contributed by atoms with Crippen molar-refractivity contribution in [1.29, 1.82) is 0 Å². The fourth-order valence-electron chi connectivity index (χ4n) is 2.60. The fourth-order valence-corrected chi connectivity index (χ4v) is 4.14. The van der Waals surface area contributed by atoms with E-state index in [1.54, 1.807) is 50.2 Å². The van der Waals surface area contributed by atoms with Gasteiger partial charge in [0.25, 0.3) is 10.0 Å². The minimum absolute atomic E-state index is 0.0312. The Hall–Kier alpha value is -2.64. The summed E-state index contributed by atoms with van der Waals surface area (Å²) in [6.45, 7) is 3.27. The summed E-state index contributed by atoms with van der Waals surface area (Å²) in [5, 5.41) is 9.76. The molecule has 0 aliphatic carbocycles. The first kappa shape index (κ1) is 18.2. The lowest BCUT2D eigenvalue weighted by atomic mass is 10.2. The molecule has 26 heavy (non-hydrogen) atoms. The van der Waals surface area contributed by atoms with E-state index in [2.05, 4.69) is 4.98 Å². The van der Waals surface area contributed by atoms with Gasteiger partial charge in [-0.2, -0.15) is 0 Å². The van der Waals surface area contributed by atoms with E-state index in [4.69, 9.17) is 4.42 Å². The van der Waals surface area contributed by atoms with Gasteiger partial charge in [-0.1, -0.05) is 30.3 Å². The van der Waals surface area contributed by atoms with Crippen LogP contribution in [0.2, 0.25) is 0 Å². The molecule has 0 saturated heterocycles. The minimum Gasteiger partial charge on any atom is -0.449 e. The number of aryl methyl sites for hydroxylation is 1. The van der Waals surface area contributed by atoms with Gasteiger partial charge in [0.15, 0.2) is 5.89 Å². The number of anilines is 1. The molecule has 1 atom stereocenters. The maximum absolute atomic E-state index is 13.1. The van der Waals surface area contributed by atoms with Crippen molar-refractivity contribution >= 4 is 15.7 Å². The number of para-hydroxylation sites is 1. The molecule has 0 aliphatic rings. The van der Waals surface area contributed by atoms with Crippen molar-refractivity contribution in [3.8, 4) is 11.3 Å². The molecule has 0 radical (unpaired) electrons. The summed E-state index contributed by atoms with van der Waals surface area (Å²) in [6, 6.07) is 15.2. The second-order valence-corrected chi connectivity index (χ2v) is 7.86. The molecule has 0 amide bonds. The Morgan fingerprint density at radius 3 is 2.31 bits per heavy atom. The number of rotatable bonds is 6. The SMILES string of the molecule is Cc1nc(-c2ccc(S(=O)(=O)N(CC(C)O)c3ccccc3)cc2)co1. The van der Waals surface area contributed by atoms with Gasteiger partial charge in [0.2, 0.25) is 0 Å². The number of aromatic nitrogens is 1. The van der Waals surface area contributed by atoms with Gasteiger partial charge in [-0.05, 0) is 31.2 Å². The molecule has 6 nitrogen and oxygen atoms in total. The first-order valence-corrected chi connectivity index (χ1v) is 9.60. The summed E-state index contributed by atoms with van der Waals surface area (Å²) in [6.07, 6.45) is 0.727. The standard InChI is InChI=1S/C19H20N2O4S/c1-14(22)12-21(17-6-4-3-5-7-17)26(23,24)18-10-8-16(9-11-18)19-13-25-15(2)20-19/h3-11,13-14,22H,12H2,1-2H3. The van der Waals surface area contributed by atoms with Gasteiger partial charge in [-0.3, -0.25) is 4.31 Å². The molecule has 1 unspecified atom stereocenters. The second kappa shape index (κ2) is 7.31. The molecule has 1 N–H and O–H groups in total. The Kier molecular flexibility index (Phi) is 5.11. The highest BCUT2D eigenvalue weighted by molar-refractivity contribution is 7.92. The van der Waals surface area contributed by atoms with Gasteiger partial charge in [-0.25, -0.2) is 13.4 Å². The summed E-state index contributed by atoms with van der Waals surface area (Å²) in [5.74, 6) is 0.545. The van der Waals surface area contributed by atoms with Crippen molar-refractivity contribution in [3.63, 3.8) is 0 Å². The lowest BCUT2D eigenvalue weighted by Crippen LogP contribution is -2.36. The van der Waals surface area contributed by atoms with Crippen molar-refractivity contribution in [2.24, 2.45) is 0 Å². The summed E-state index contributed by atoms with van der Waals surface area (Å²) < 4.78 is 32.6. The van der Waals surface area contributed by atoms with Crippen LogP contribution >= 0.6 is 0 Å². The molecule has 0 bridgehead atoms. The van der Waals surface area contributed by atoms with Crippen LogP contribution in [0.5, 0.6) is 0 Å². The van der Waals surface area contributed by atoms with Crippen molar-refractivity contribution in [2.45, 2.75) is 24.8 Å². The van der Waals surface area contributed by atoms with Crippen molar-refractivity contribution in [2.75, 3.05) is 10.8 Å². The summed E-state index contributed by atoms with van der Waals surface area (Å²) in [4.78, 5) is 4.38. The molecule has 2 aromatic carbocycles. The van der Waals surface area contributed by atoms with Crippen molar-refractivity contribution < 1.29 is 17.9 Å². The number of hydrogen-bond acceptors (Lipinski definition) is 5. The van der Waals surface area contributed by atoms with E-state index in [1.165, 1.54) is 22.7 Å². The predicted octanol–water partition coefficient (Wildman–Crippen LogP) is 3.23. The zero-order chi connectivity index (χ0) is 18.7. The number of sulfonamides is 1. The largest absolute Gasteiger partial charge is 0.449 e. The van der Waals surface area contributed by atoms with Gasteiger partial charge in [0, 0.05) is 12.5 Å². The third-order valence-corrected chi connectivity index (χ3v) is 5.64. The quantitative estimate of drug-likeness (QED) is 0.718. The molecule has 0 spiro atoms. The number of hydrogen-bond donors (Lipinski definition) is 1. The molecular formula is C19H20N2O4S. The zero-order valence-electron chi connectivity index (χ0n) is 14.5. The smallest absolute Gasteiger partial charge is 0.264 e. The minimum atomic E-state index is -3.81. The van der Waals surface area contributed by atoms with Crippen molar-refractivity contribution in [1.82, 2.24) is 4.98 Å². The summed E-state index contributed by atoms with van der Waals surface area (Å²) >= 11 is 0. The van der Waals surface area contributed by atoms with Crippen LogP contribution in [0.25, 0.3) is 11.3 Å². The topological polar surface area (TPSA) is 83.6 Å². The Morgan fingerprint density at radius 2 is 1.77 bits per heavy atom. The number of aliphatic hydroxyl groups is 1. The third kappa shape index (κ3) is 3.79. The van der Waals surface area contributed by atoms with Crippen LogP contribution < -0.4 is 4.31 Å². The molecule has 1 heterocycles. The number of nitrogens with zero attached hydrogens (tertiary/aromatic N) is 2. The first-order chi connectivity index (χ1) is 12.4. The monoisotopic (exact) mass is 372 g/mol. The normalized spacial score (nSPS) is 12.7. The highest BCUT2D eigenvalue weighted by Crippen LogP contribution is 2.26. The molecule has 3 rings (SSSR count). The molecule has 0 fully saturated rings. The molecule has 7 heteroatoms. The Balaban J connectivity index is 1.96. The van der Waals surface area contributed by atoms with Crippen LogP contribution in [0.15, 0.2) is 70.2 Å². The molecule has 3 aromatic rings. The number of aliphatic hydroxyl groups excluding tert-OH is 1. The molecule has 0 saturated carbocycles. The number of oxazole rings is 1. The average Bonchev–Trinajstić information content (AvgIpc) is 3.07. The highest BCUT2D eigenvalue weighted by atomic mass is 32.2. The zero-order valence-corrected chi connectivity index (χ0v) is 15.3. The molecular weight excluding hydrogens is 352 g/mol. The first-order valence-electron chi connectivity index (χ1n) is 8.16. The van der Waals surface area contributed by atoms with E-state index in [-0.39, 0.29) is 11.4 Å². The van der Waals surface area contributed by atoms with Crippen LogP contribution in [-0.4, -0.2) is 31.2 Å². The van der Waals surface area contributed by atoms with E-state index >= 15 is 0 Å². The summed E-state index contributed by atoms with van der Waals surface area (Å²) in [5.41, 5.74) is 1.92. The highest BCUT2D eigenvalue weighted by Gasteiger charge is 2.26. The Labute approximate surface area is 152 Å². The van der Waals surface area contributed by atoms with Gasteiger partial charge in [-0.15, -0.1) is 0 Å². The van der Waals surface area contributed by atoms with Crippen LogP contribution in [0.4, 0.5) is 5.69 Å². The average molecular weight is 372 g/mol. The molecule has 136 valence electrons. The third-order valence-electron chi connectivity index (χ3n) is 3.83. The van der Waals surface area contributed by atoms with Gasteiger partial charge < -0.3 is 9.52 Å². The van der Waals surface area contributed by atoms with E-state index in [0.29, 0.717) is 17.3 Å². The fraction of sp³-hybridized carbons (Fsp3) is 0.211. The Morgan fingerprint density at radius 1 is 1.12 bits per heavy atom. The van der Waals surface area contributed by atoms with E-state index in [9.17, 15) is 13.5 Å². The lowest BCUT2D eigenvalue weighted by Gasteiger charge is -2.25. The van der Waals surface area contributed by atoms with E-state index in [1.807, 2.05) is 6.07 Å². The van der Waals surface area contributed by atoms with Crippen LogP contribution in [0.3, 0.4) is 0 Å². The van der Waals surface area contributed by atoms with E-state index in [0.717, 1.165) is 5.56 Å². The maximum Gasteiger partial charge on any atom is 0.264 e.